The van der Waals surface area contributed by atoms with E-state index in [0.717, 1.165) is 29.7 Å². The van der Waals surface area contributed by atoms with E-state index in [1.165, 1.54) is 0 Å². The first-order chi connectivity index (χ1) is 16.1. The highest BCUT2D eigenvalue weighted by Crippen LogP contribution is 2.39. The Hall–Kier alpha value is -3.68. The Morgan fingerprint density at radius 2 is 2.00 bits per heavy atom. The molecule has 1 aliphatic rings. The number of carbonyl (C=O) groups excluding carboxylic acids is 2. The number of ether oxygens (including phenoxy) is 1. The average molecular weight is 448 g/mol. The number of aromatic nitrogens is 3. The summed E-state index contributed by atoms with van der Waals surface area (Å²) in [7, 11) is 1.62. The summed E-state index contributed by atoms with van der Waals surface area (Å²) in [6.45, 7) is 3.04. The van der Waals surface area contributed by atoms with Crippen LogP contribution in [0.5, 0.6) is 5.75 Å². The maximum Gasteiger partial charge on any atom is 0.226 e. The Bertz CT molecular complexity index is 1080. The largest absolute Gasteiger partial charge is 0.497 e. The van der Waals surface area contributed by atoms with Crippen LogP contribution in [0.25, 0.3) is 5.82 Å². The van der Waals surface area contributed by atoms with Gasteiger partial charge in [0.1, 0.15) is 5.75 Å². The van der Waals surface area contributed by atoms with Crippen molar-refractivity contribution < 1.29 is 14.3 Å². The number of hydrogen-bond acceptors (Lipinski definition) is 5. The second-order valence-corrected chi connectivity index (χ2v) is 8.12. The van der Waals surface area contributed by atoms with Crippen LogP contribution in [0.3, 0.4) is 0 Å². The van der Waals surface area contributed by atoms with Crippen LogP contribution >= 0.6 is 0 Å². The molecule has 0 bridgehead atoms. The van der Waals surface area contributed by atoms with E-state index in [4.69, 9.17) is 4.74 Å². The van der Waals surface area contributed by atoms with E-state index in [1.807, 2.05) is 53.6 Å². The van der Waals surface area contributed by atoms with Crippen LogP contribution in [-0.4, -0.2) is 45.1 Å². The van der Waals surface area contributed by atoms with Gasteiger partial charge in [-0.05, 0) is 36.2 Å². The quantitative estimate of drug-likeness (QED) is 0.544. The lowest BCUT2D eigenvalue weighted by Crippen LogP contribution is -2.36. The topological polar surface area (TPSA) is 89.4 Å². The van der Waals surface area contributed by atoms with Crippen molar-refractivity contribution in [3.63, 3.8) is 0 Å². The summed E-state index contributed by atoms with van der Waals surface area (Å²) in [5.74, 6) is 0.822. The van der Waals surface area contributed by atoms with Gasteiger partial charge in [-0.3, -0.25) is 9.59 Å². The zero-order chi connectivity index (χ0) is 23.2. The SMILES string of the molecule is CCCCN1C(=O)CC(C(=O)NCc2cccnc2-n2cccn2)C1c1ccc(OC)cc1. The Balaban J connectivity index is 1.54. The second-order valence-electron chi connectivity index (χ2n) is 8.12. The van der Waals surface area contributed by atoms with Crippen LogP contribution < -0.4 is 10.1 Å². The minimum atomic E-state index is -0.465. The number of carbonyl (C=O) groups is 2. The molecule has 2 atom stereocenters. The number of nitrogens with zero attached hydrogens (tertiary/aromatic N) is 4. The van der Waals surface area contributed by atoms with Crippen LogP contribution in [0.1, 0.15) is 43.4 Å². The lowest BCUT2D eigenvalue weighted by molar-refractivity contribution is -0.129. The molecule has 172 valence electrons. The van der Waals surface area contributed by atoms with Crippen molar-refractivity contribution in [1.82, 2.24) is 25.0 Å². The molecule has 0 spiro atoms. The van der Waals surface area contributed by atoms with E-state index in [2.05, 4.69) is 22.3 Å². The highest BCUT2D eigenvalue weighted by atomic mass is 16.5. The van der Waals surface area contributed by atoms with E-state index >= 15 is 0 Å². The monoisotopic (exact) mass is 447 g/mol. The van der Waals surface area contributed by atoms with E-state index in [1.54, 1.807) is 24.2 Å². The molecule has 0 aliphatic carbocycles. The van der Waals surface area contributed by atoms with Crippen molar-refractivity contribution in [3.05, 3.63) is 72.2 Å². The molecule has 8 nitrogen and oxygen atoms in total. The first kappa shape index (κ1) is 22.5. The van der Waals surface area contributed by atoms with Gasteiger partial charge in [-0.2, -0.15) is 5.10 Å². The fourth-order valence-corrected chi connectivity index (χ4v) is 4.31. The van der Waals surface area contributed by atoms with Crippen molar-refractivity contribution in [2.45, 2.75) is 38.8 Å². The lowest BCUT2D eigenvalue weighted by atomic mass is 9.92. The van der Waals surface area contributed by atoms with Gasteiger partial charge < -0.3 is 15.0 Å². The molecule has 0 saturated carbocycles. The fraction of sp³-hybridized carbons (Fsp3) is 0.360. The van der Waals surface area contributed by atoms with E-state index in [-0.39, 0.29) is 24.3 Å². The van der Waals surface area contributed by atoms with Crippen LogP contribution in [0.15, 0.2) is 61.1 Å². The molecule has 3 heterocycles. The summed E-state index contributed by atoms with van der Waals surface area (Å²) in [5, 5.41) is 7.28. The molecular formula is C25H29N5O3. The van der Waals surface area contributed by atoms with Crippen molar-refractivity contribution in [2.24, 2.45) is 5.92 Å². The van der Waals surface area contributed by atoms with Gasteiger partial charge >= 0.3 is 0 Å². The van der Waals surface area contributed by atoms with Crippen LogP contribution in [0, 0.1) is 5.92 Å². The molecule has 3 aromatic rings. The normalized spacial score (nSPS) is 17.9. The zero-order valence-electron chi connectivity index (χ0n) is 19.0. The third kappa shape index (κ3) is 4.89. The van der Waals surface area contributed by atoms with Crippen molar-refractivity contribution in [2.75, 3.05) is 13.7 Å². The minimum Gasteiger partial charge on any atom is -0.497 e. The van der Waals surface area contributed by atoms with Crippen LogP contribution in [0.2, 0.25) is 0 Å². The highest BCUT2D eigenvalue weighted by molar-refractivity contribution is 5.90. The first-order valence-corrected chi connectivity index (χ1v) is 11.3. The molecule has 33 heavy (non-hydrogen) atoms. The van der Waals surface area contributed by atoms with E-state index < -0.39 is 5.92 Å². The molecule has 1 fully saturated rings. The third-order valence-electron chi connectivity index (χ3n) is 6.02. The van der Waals surface area contributed by atoms with Crippen molar-refractivity contribution in [1.29, 1.82) is 0 Å². The van der Waals surface area contributed by atoms with Crippen molar-refractivity contribution in [3.8, 4) is 11.6 Å². The number of amides is 2. The predicted octanol–water partition coefficient (Wildman–Crippen LogP) is 3.28. The Morgan fingerprint density at radius 3 is 2.70 bits per heavy atom. The molecule has 2 aromatic heterocycles. The van der Waals surface area contributed by atoms with Gasteiger partial charge in [0.25, 0.3) is 0 Å². The average Bonchev–Trinajstić information content (AvgIpc) is 3.50. The molecule has 2 unspecified atom stereocenters. The maximum absolute atomic E-state index is 13.3. The summed E-state index contributed by atoms with van der Waals surface area (Å²) in [6, 6.07) is 12.9. The van der Waals surface area contributed by atoms with Gasteiger partial charge in [-0.15, -0.1) is 0 Å². The van der Waals surface area contributed by atoms with Gasteiger partial charge in [0.2, 0.25) is 11.8 Å². The van der Waals surface area contributed by atoms with Crippen molar-refractivity contribution >= 4 is 11.8 Å². The van der Waals surface area contributed by atoms with Crippen LogP contribution in [0.4, 0.5) is 0 Å². The molecular weight excluding hydrogens is 418 g/mol. The summed E-state index contributed by atoms with van der Waals surface area (Å²) < 4.78 is 6.95. The van der Waals surface area contributed by atoms with Gasteiger partial charge in [-0.25, -0.2) is 9.67 Å². The van der Waals surface area contributed by atoms with E-state index in [0.29, 0.717) is 18.9 Å². The van der Waals surface area contributed by atoms with E-state index in [9.17, 15) is 9.59 Å². The molecule has 4 rings (SSSR count). The first-order valence-electron chi connectivity index (χ1n) is 11.3. The third-order valence-corrected chi connectivity index (χ3v) is 6.02. The minimum absolute atomic E-state index is 0.0167. The molecule has 0 radical (unpaired) electrons. The fourth-order valence-electron chi connectivity index (χ4n) is 4.31. The Labute approximate surface area is 193 Å². The standard InChI is InChI=1S/C25H29N5O3/c1-3-4-14-29-22(31)16-21(23(29)18-8-10-20(33-2)11-9-18)25(32)27-17-19-7-5-12-26-24(19)30-15-6-13-28-30/h5-13,15,21,23H,3-4,14,16-17H2,1-2H3,(H,27,32). The zero-order valence-corrected chi connectivity index (χ0v) is 19.0. The van der Waals surface area contributed by atoms with Gasteiger partial charge in [-0.1, -0.05) is 31.5 Å². The predicted molar refractivity (Wildman–Crippen MR) is 124 cm³/mol. The molecule has 1 aromatic carbocycles. The number of rotatable bonds is 9. The van der Waals surface area contributed by atoms with Gasteiger partial charge in [0.15, 0.2) is 5.82 Å². The number of methoxy groups -OCH3 is 1. The number of pyridine rings is 1. The lowest BCUT2D eigenvalue weighted by Gasteiger charge is -2.28. The number of likely N-dealkylation sites (tertiary alicyclic amines) is 1. The summed E-state index contributed by atoms with van der Waals surface area (Å²) in [6.07, 6.45) is 7.28. The summed E-state index contributed by atoms with van der Waals surface area (Å²) >= 11 is 0. The Morgan fingerprint density at radius 1 is 1.18 bits per heavy atom. The van der Waals surface area contributed by atoms with Crippen LogP contribution in [-0.2, 0) is 16.1 Å². The van der Waals surface area contributed by atoms with Gasteiger partial charge in [0.05, 0.1) is 19.1 Å². The number of benzene rings is 1. The molecule has 2 amide bonds. The number of hydrogen-bond donors (Lipinski definition) is 1. The summed E-state index contributed by atoms with van der Waals surface area (Å²) in [5.41, 5.74) is 1.79. The molecule has 1 N–H and O–H groups in total. The Kier molecular flexibility index (Phi) is 7.02. The maximum atomic E-state index is 13.3. The number of unbranched alkanes of at least 4 members (excludes halogenated alkanes) is 1. The highest BCUT2D eigenvalue weighted by Gasteiger charge is 2.44. The molecule has 8 heteroatoms. The number of nitrogens with one attached hydrogen (secondary N) is 1. The molecule has 1 aliphatic heterocycles. The smallest absolute Gasteiger partial charge is 0.226 e. The van der Waals surface area contributed by atoms with Gasteiger partial charge in [0, 0.05) is 43.7 Å². The molecule has 1 saturated heterocycles. The second kappa shape index (κ2) is 10.3. The summed E-state index contributed by atoms with van der Waals surface area (Å²) in [4.78, 5) is 32.5.